The second-order valence-corrected chi connectivity index (χ2v) is 6.25. The number of nitrogens with zero attached hydrogens (tertiary/aromatic N) is 2. The largest absolute Gasteiger partial charge is 0.481 e. The molecule has 0 amide bonds. The van der Waals surface area contributed by atoms with Crippen LogP contribution in [-0.2, 0) is 14.4 Å². The van der Waals surface area contributed by atoms with E-state index in [0.717, 1.165) is 35.5 Å². The van der Waals surface area contributed by atoms with E-state index in [4.69, 9.17) is 15.3 Å². The van der Waals surface area contributed by atoms with Crippen LogP contribution in [0.3, 0.4) is 0 Å². The first-order valence-corrected chi connectivity index (χ1v) is 8.18. The molecule has 0 unspecified atom stereocenters. The van der Waals surface area contributed by atoms with Crippen molar-refractivity contribution in [1.29, 1.82) is 0 Å². The van der Waals surface area contributed by atoms with Gasteiger partial charge in [-0.3, -0.25) is 19.8 Å². The van der Waals surface area contributed by atoms with E-state index in [9.17, 15) is 14.4 Å². The van der Waals surface area contributed by atoms with Crippen LogP contribution in [0.4, 0.5) is 0 Å². The van der Waals surface area contributed by atoms with Gasteiger partial charge in [-0.05, 0) is 11.9 Å². The molecule has 0 bridgehead atoms. The summed E-state index contributed by atoms with van der Waals surface area (Å²) in [5.74, 6) is -3.69. The van der Waals surface area contributed by atoms with E-state index >= 15 is 0 Å². The maximum absolute atomic E-state index is 10.5. The predicted octanol–water partition coefficient (Wildman–Crippen LogP) is 0.330. The monoisotopic (exact) mass is 353 g/mol. The molecule has 0 aliphatic carbocycles. The van der Waals surface area contributed by atoms with E-state index < -0.39 is 17.9 Å². The van der Waals surface area contributed by atoms with Gasteiger partial charge in [0, 0.05) is 0 Å². The normalized spacial score (nSPS) is 14.0. The maximum Gasteiger partial charge on any atom is 0.315 e. The smallest absolute Gasteiger partial charge is 0.315 e. The highest BCUT2D eigenvalue weighted by atomic mass is 32.2. The Morgan fingerprint density at radius 3 is 2.19 bits per heavy atom. The maximum atomic E-state index is 10.5. The minimum absolute atomic E-state index is 0.205. The van der Waals surface area contributed by atoms with Crippen molar-refractivity contribution in [3.8, 4) is 0 Å². The lowest BCUT2D eigenvalue weighted by Crippen LogP contribution is -2.36. The summed E-state index contributed by atoms with van der Waals surface area (Å²) < 4.78 is 1.36. The number of aliphatic carboxylic acids is 3. The van der Waals surface area contributed by atoms with Gasteiger partial charge in [0.15, 0.2) is 5.17 Å². The van der Waals surface area contributed by atoms with Crippen LogP contribution >= 0.6 is 35.5 Å². The molecule has 0 saturated carbocycles. The van der Waals surface area contributed by atoms with Crippen LogP contribution in [0, 0.1) is 0 Å². The molecule has 1 aliphatic heterocycles. The summed E-state index contributed by atoms with van der Waals surface area (Å²) in [5, 5.41) is 26.5. The van der Waals surface area contributed by atoms with Crippen LogP contribution in [0.2, 0.25) is 0 Å². The SMILES string of the molecule is O=C(O)CSC1=CN(SCC(=O)O)NC(SCC(=O)O)=N1. The Morgan fingerprint density at radius 2 is 1.62 bits per heavy atom. The zero-order chi connectivity index (χ0) is 15.8. The van der Waals surface area contributed by atoms with Crippen molar-refractivity contribution < 1.29 is 29.7 Å². The summed E-state index contributed by atoms with van der Waals surface area (Å²) in [6.07, 6.45) is 1.45. The van der Waals surface area contributed by atoms with E-state index in [0.29, 0.717) is 5.03 Å². The molecule has 21 heavy (non-hydrogen) atoms. The predicted molar refractivity (Wildman–Crippen MR) is 80.8 cm³/mol. The van der Waals surface area contributed by atoms with Crippen molar-refractivity contribution in [3.63, 3.8) is 0 Å². The molecular weight excluding hydrogens is 342 g/mol. The van der Waals surface area contributed by atoms with E-state index in [1.807, 2.05) is 0 Å². The third-order valence-electron chi connectivity index (χ3n) is 1.65. The molecule has 0 spiro atoms. The second-order valence-electron chi connectivity index (χ2n) is 3.35. The molecule has 0 aromatic carbocycles. The lowest BCUT2D eigenvalue weighted by molar-refractivity contribution is -0.135. The number of amidine groups is 1. The lowest BCUT2D eigenvalue weighted by Gasteiger charge is -2.25. The molecule has 0 saturated heterocycles. The molecule has 9 nitrogen and oxygen atoms in total. The number of thioether (sulfide) groups is 2. The highest BCUT2D eigenvalue weighted by Crippen LogP contribution is 2.25. The van der Waals surface area contributed by atoms with Gasteiger partial charge in [-0.15, -0.1) is 0 Å². The summed E-state index contributed by atoms with van der Waals surface area (Å²) in [4.78, 5) is 35.7. The van der Waals surface area contributed by atoms with E-state index in [2.05, 4.69) is 10.4 Å². The van der Waals surface area contributed by atoms with Crippen molar-refractivity contribution in [2.75, 3.05) is 17.3 Å². The van der Waals surface area contributed by atoms with Crippen molar-refractivity contribution >= 4 is 58.5 Å². The van der Waals surface area contributed by atoms with Gasteiger partial charge < -0.3 is 15.3 Å². The zero-order valence-electron chi connectivity index (χ0n) is 10.4. The number of hydrazine groups is 1. The average Bonchev–Trinajstić information content (AvgIpc) is 2.40. The Bertz CT molecular complexity index is 495. The lowest BCUT2D eigenvalue weighted by atomic mass is 10.8. The minimum atomic E-state index is -1.02. The van der Waals surface area contributed by atoms with E-state index in [1.54, 1.807) is 0 Å². The first kappa shape index (κ1) is 17.5. The van der Waals surface area contributed by atoms with Crippen LogP contribution in [0.15, 0.2) is 16.2 Å². The first-order chi connectivity index (χ1) is 9.86. The van der Waals surface area contributed by atoms with Crippen LogP contribution in [0.1, 0.15) is 0 Å². The third kappa shape index (κ3) is 7.72. The Hall–Kier alpha value is -1.53. The Labute approximate surface area is 132 Å². The topological polar surface area (TPSA) is 140 Å². The first-order valence-electron chi connectivity index (χ1n) is 5.27. The Balaban J connectivity index is 2.69. The molecule has 116 valence electrons. The summed E-state index contributed by atoms with van der Waals surface area (Å²) in [7, 11) is 0. The Morgan fingerprint density at radius 1 is 1.05 bits per heavy atom. The molecular formula is C9H11N3O6S3. The summed E-state index contributed by atoms with van der Waals surface area (Å²) in [6.45, 7) is 0. The van der Waals surface area contributed by atoms with Gasteiger partial charge in [0.2, 0.25) is 0 Å². The van der Waals surface area contributed by atoms with Gasteiger partial charge in [0.05, 0.1) is 17.7 Å². The van der Waals surface area contributed by atoms with Gasteiger partial charge in [-0.1, -0.05) is 23.5 Å². The number of rotatable bonds is 8. The highest BCUT2D eigenvalue weighted by molar-refractivity contribution is 8.14. The van der Waals surface area contributed by atoms with Crippen LogP contribution in [0.25, 0.3) is 0 Å². The summed E-state index contributed by atoms with van der Waals surface area (Å²) in [5.41, 5.74) is 2.73. The van der Waals surface area contributed by atoms with Crippen molar-refractivity contribution in [2.24, 2.45) is 4.99 Å². The number of carbonyl (C=O) groups is 3. The van der Waals surface area contributed by atoms with E-state index in [-0.39, 0.29) is 22.4 Å². The van der Waals surface area contributed by atoms with Gasteiger partial charge >= 0.3 is 17.9 Å². The van der Waals surface area contributed by atoms with Crippen molar-refractivity contribution in [2.45, 2.75) is 0 Å². The molecule has 1 rings (SSSR count). The fourth-order valence-electron chi connectivity index (χ4n) is 0.975. The zero-order valence-corrected chi connectivity index (χ0v) is 12.8. The molecule has 1 aliphatic rings. The molecule has 4 N–H and O–H groups in total. The van der Waals surface area contributed by atoms with Crippen LogP contribution in [-0.4, -0.2) is 60.1 Å². The van der Waals surface area contributed by atoms with Gasteiger partial charge in [-0.2, -0.15) is 0 Å². The number of carboxylic acids is 3. The number of nitrogens with one attached hydrogen (secondary N) is 1. The molecule has 0 aromatic heterocycles. The number of hydrogen-bond donors (Lipinski definition) is 4. The average molecular weight is 353 g/mol. The van der Waals surface area contributed by atoms with Gasteiger partial charge in [-0.25, -0.2) is 9.41 Å². The molecule has 0 aromatic rings. The van der Waals surface area contributed by atoms with Crippen LogP contribution < -0.4 is 5.43 Å². The van der Waals surface area contributed by atoms with Crippen molar-refractivity contribution in [3.05, 3.63) is 11.2 Å². The third-order valence-corrected chi connectivity index (χ3v) is 4.23. The van der Waals surface area contributed by atoms with Gasteiger partial charge in [0.1, 0.15) is 10.8 Å². The van der Waals surface area contributed by atoms with E-state index in [1.165, 1.54) is 10.6 Å². The summed E-state index contributed by atoms with van der Waals surface area (Å²) in [6, 6.07) is 0. The molecule has 1 heterocycles. The standard InChI is InChI=1S/C9H11N3O6S3/c13-6(14)2-19-5-1-12(21-4-8(17)18)11-9(10-5)20-3-7(15)16/h1H,2-4H2,(H,10,11)(H,13,14)(H,15,16)(H,17,18). The number of hydrogen-bond acceptors (Lipinski definition) is 9. The van der Waals surface area contributed by atoms with Crippen molar-refractivity contribution in [1.82, 2.24) is 9.84 Å². The van der Waals surface area contributed by atoms with Gasteiger partial charge in [0.25, 0.3) is 0 Å². The highest BCUT2D eigenvalue weighted by Gasteiger charge is 2.17. The molecule has 0 radical (unpaired) electrons. The molecule has 0 fully saturated rings. The number of carboxylic acid groups (broad SMARTS) is 3. The molecule has 12 heteroatoms. The van der Waals surface area contributed by atoms with Crippen LogP contribution in [0.5, 0.6) is 0 Å². The fourth-order valence-corrected chi connectivity index (χ4v) is 2.93. The fraction of sp³-hybridized carbons (Fsp3) is 0.333. The molecule has 0 atom stereocenters. The Kier molecular flexibility index (Phi) is 7.25. The number of aliphatic imine (C=N–C) groups is 1. The summed E-state index contributed by atoms with van der Waals surface area (Å²) >= 11 is 2.79. The quantitative estimate of drug-likeness (QED) is 0.449. The minimum Gasteiger partial charge on any atom is -0.481 e. The second kappa shape index (κ2) is 8.69.